The van der Waals surface area contributed by atoms with Crippen molar-refractivity contribution >= 4 is 11.9 Å². The molecule has 1 aromatic rings. The zero-order chi connectivity index (χ0) is 19.5. The van der Waals surface area contributed by atoms with E-state index in [-0.39, 0.29) is 12.0 Å². The number of hydrogen-bond donors (Lipinski definition) is 1. The molecule has 0 unspecified atom stereocenters. The van der Waals surface area contributed by atoms with E-state index < -0.39 is 0 Å². The van der Waals surface area contributed by atoms with E-state index in [0.29, 0.717) is 13.0 Å². The van der Waals surface area contributed by atoms with Crippen molar-refractivity contribution in [2.45, 2.75) is 46.1 Å². The average molecular weight is 375 g/mol. The Balaban J connectivity index is 1.83. The Morgan fingerprint density at radius 1 is 1.19 bits per heavy atom. The van der Waals surface area contributed by atoms with Crippen LogP contribution in [0.2, 0.25) is 0 Å². The lowest BCUT2D eigenvalue weighted by Crippen LogP contribution is -2.47. The van der Waals surface area contributed by atoms with Crippen LogP contribution in [0.15, 0.2) is 35.3 Å². The normalized spacial score (nSPS) is 15.5. The van der Waals surface area contributed by atoms with Crippen molar-refractivity contribution in [3.8, 4) is 5.75 Å². The summed E-state index contributed by atoms with van der Waals surface area (Å²) in [6.45, 7) is 10.8. The molecule has 0 aromatic heterocycles. The summed E-state index contributed by atoms with van der Waals surface area (Å²) in [6, 6.07) is 10.0. The maximum Gasteiger partial charge on any atom is 0.224 e. The molecule has 6 heteroatoms. The summed E-state index contributed by atoms with van der Waals surface area (Å²) in [5.74, 6) is 2.02. The van der Waals surface area contributed by atoms with E-state index >= 15 is 0 Å². The number of nitrogens with one attached hydrogen (secondary N) is 1. The molecule has 0 radical (unpaired) electrons. The maximum atomic E-state index is 12.1. The second kappa shape index (κ2) is 11.5. The van der Waals surface area contributed by atoms with Gasteiger partial charge in [0.05, 0.1) is 6.54 Å². The molecule has 1 saturated heterocycles. The van der Waals surface area contributed by atoms with Gasteiger partial charge in [-0.05, 0) is 32.9 Å². The van der Waals surface area contributed by atoms with Crippen LogP contribution in [0.4, 0.5) is 0 Å². The van der Waals surface area contributed by atoms with Gasteiger partial charge in [-0.2, -0.15) is 0 Å². The van der Waals surface area contributed by atoms with Gasteiger partial charge < -0.3 is 19.9 Å². The summed E-state index contributed by atoms with van der Waals surface area (Å²) < 4.78 is 6.07. The van der Waals surface area contributed by atoms with Crippen LogP contribution in [0.3, 0.4) is 0 Å². The van der Waals surface area contributed by atoms with Gasteiger partial charge in [-0.15, -0.1) is 0 Å². The Morgan fingerprint density at radius 3 is 2.44 bits per heavy atom. The van der Waals surface area contributed by atoms with Crippen molar-refractivity contribution in [3.05, 3.63) is 30.3 Å². The molecule has 27 heavy (non-hydrogen) atoms. The van der Waals surface area contributed by atoms with Crippen molar-refractivity contribution in [3.63, 3.8) is 0 Å². The lowest BCUT2D eigenvalue weighted by atomic mass is 10.1. The number of nitrogens with zero attached hydrogens (tertiary/aromatic N) is 3. The highest BCUT2D eigenvalue weighted by atomic mass is 16.5. The van der Waals surface area contributed by atoms with Crippen LogP contribution in [0.5, 0.6) is 5.75 Å². The quantitative estimate of drug-likeness (QED) is 0.561. The van der Waals surface area contributed by atoms with Gasteiger partial charge >= 0.3 is 0 Å². The SMILES string of the molecule is CCNC(=NCCC(=O)N(CC)CC)N1CCC(Oc2ccccc2)CC1. The van der Waals surface area contributed by atoms with Gasteiger partial charge in [0, 0.05) is 52.0 Å². The predicted molar refractivity (Wildman–Crippen MR) is 110 cm³/mol. The minimum atomic E-state index is 0.176. The summed E-state index contributed by atoms with van der Waals surface area (Å²) in [5.41, 5.74) is 0. The highest BCUT2D eigenvalue weighted by Gasteiger charge is 2.22. The van der Waals surface area contributed by atoms with Gasteiger partial charge in [0.1, 0.15) is 11.9 Å². The van der Waals surface area contributed by atoms with E-state index in [0.717, 1.165) is 57.3 Å². The Bertz CT molecular complexity index is 579. The third kappa shape index (κ3) is 6.77. The highest BCUT2D eigenvalue weighted by molar-refractivity contribution is 5.81. The van der Waals surface area contributed by atoms with E-state index in [1.165, 1.54) is 0 Å². The van der Waals surface area contributed by atoms with Crippen LogP contribution < -0.4 is 10.1 Å². The highest BCUT2D eigenvalue weighted by Crippen LogP contribution is 2.18. The molecule has 0 spiro atoms. The second-order valence-electron chi connectivity index (χ2n) is 6.67. The molecule has 0 atom stereocenters. The second-order valence-corrected chi connectivity index (χ2v) is 6.67. The van der Waals surface area contributed by atoms with Crippen LogP contribution in [0.1, 0.15) is 40.0 Å². The van der Waals surface area contributed by atoms with Crippen molar-refractivity contribution < 1.29 is 9.53 Å². The number of rotatable bonds is 8. The molecule has 1 heterocycles. The number of hydrogen-bond acceptors (Lipinski definition) is 3. The number of piperidine rings is 1. The summed E-state index contributed by atoms with van der Waals surface area (Å²) in [4.78, 5) is 21.0. The molecule has 0 bridgehead atoms. The number of aliphatic imine (C=N–C) groups is 1. The van der Waals surface area contributed by atoms with Gasteiger partial charge in [0.15, 0.2) is 5.96 Å². The smallest absolute Gasteiger partial charge is 0.224 e. The molecule has 1 fully saturated rings. The lowest BCUT2D eigenvalue weighted by Gasteiger charge is -2.34. The number of carbonyl (C=O) groups is 1. The number of carbonyl (C=O) groups excluding carboxylic acids is 1. The predicted octanol–water partition coefficient (Wildman–Crippen LogP) is 2.75. The summed E-state index contributed by atoms with van der Waals surface area (Å²) >= 11 is 0. The average Bonchev–Trinajstić information content (AvgIpc) is 2.70. The first-order valence-electron chi connectivity index (χ1n) is 10.2. The Morgan fingerprint density at radius 2 is 1.85 bits per heavy atom. The molecule has 1 aliphatic rings. The van der Waals surface area contributed by atoms with Gasteiger partial charge in [-0.1, -0.05) is 18.2 Å². The molecule has 2 rings (SSSR count). The number of benzene rings is 1. The Hall–Kier alpha value is -2.24. The van der Waals surface area contributed by atoms with Crippen molar-refractivity contribution in [1.82, 2.24) is 15.1 Å². The lowest BCUT2D eigenvalue weighted by molar-refractivity contribution is -0.130. The first kappa shape index (κ1) is 21.1. The maximum absolute atomic E-state index is 12.1. The van der Waals surface area contributed by atoms with Crippen LogP contribution >= 0.6 is 0 Å². The van der Waals surface area contributed by atoms with Gasteiger partial charge in [0.25, 0.3) is 0 Å². The fourth-order valence-corrected chi connectivity index (χ4v) is 3.29. The molecular weight excluding hydrogens is 340 g/mol. The summed E-state index contributed by atoms with van der Waals surface area (Å²) in [7, 11) is 0. The molecule has 1 amide bonds. The van der Waals surface area contributed by atoms with Crippen LogP contribution in [0, 0.1) is 0 Å². The van der Waals surface area contributed by atoms with Gasteiger partial charge in [-0.25, -0.2) is 0 Å². The first-order valence-corrected chi connectivity index (χ1v) is 10.2. The Kier molecular flexibility index (Phi) is 8.95. The van der Waals surface area contributed by atoms with E-state index in [9.17, 15) is 4.79 Å². The Labute approximate surface area is 163 Å². The number of guanidine groups is 1. The van der Waals surface area contributed by atoms with E-state index in [1.807, 2.05) is 49.1 Å². The summed E-state index contributed by atoms with van der Waals surface area (Å²) in [5, 5.41) is 3.36. The van der Waals surface area contributed by atoms with Gasteiger partial charge in [-0.3, -0.25) is 9.79 Å². The third-order valence-corrected chi connectivity index (χ3v) is 4.83. The van der Waals surface area contributed by atoms with Gasteiger partial charge in [0.2, 0.25) is 5.91 Å². The van der Waals surface area contributed by atoms with E-state index in [4.69, 9.17) is 4.74 Å². The zero-order valence-electron chi connectivity index (χ0n) is 17.0. The van der Waals surface area contributed by atoms with Crippen molar-refractivity contribution in [2.24, 2.45) is 4.99 Å². The number of para-hydroxylation sites is 1. The van der Waals surface area contributed by atoms with E-state index in [2.05, 4.69) is 22.1 Å². The minimum Gasteiger partial charge on any atom is -0.490 e. The number of likely N-dealkylation sites (tertiary alicyclic amines) is 1. The van der Waals surface area contributed by atoms with Crippen molar-refractivity contribution in [2.75, 3.05) is 39.3 Å². The van der Waals surface area contributed by atoms with E-state index in [1.54, 1.807) is 0 Å². The fraction of sp³-hybridized carbons (Fsp3) is 0.619. The molecule has 1 N–H and O–H groups in total. The number of ether oxygens (including phenoxy) is 1. The number of amides is 1. The third-order valence-electron chi connectivity index (χ3n) is 4.83. The summed E-state index contributed by atoms with van der Waals surface area (Å²) in [6.07, 6.45) is 2.65. The molecule has 0 saturated carbocycles. The largest absolute Gasteiger partial charge is 0.490 e. The molecule has 6 nitrogen and oxygen atoms in total. The first-order chi connectivity index (χ1) is 13.2. The molecule has 1 aromatic carbocycles. The molecular formula is C21H34N4O2. The fourth-order valence-electron chi connectivity index (χ4n) is 3.29. The van der Waals surface area contributed by atoms with Crippen LogP contribution in [0.25, 0.3) is 0 Å². The molecule has 0 aliphatic carbocycles. The van der Waals surface area contributed by atoms with Crippen LogP contribution in [-0.4, -0.2) is 67.0 Å². The monoisotopic (exact) mass is 374 g/mol. The molecule has 150 valence electrons. The zero-order valence-corrected chi connectivity index (χ0v) is 17.0. The van der Waals surface area contributed by atoms with Crippen molar-refractivity contribution in [1.29, 1.82) is 0 Å². The minimum absolute atomic E-state index is 0.176. The topological polar surface area (TPSA) is 57.2 Å². The van der Waals surface area contributed by atoms with Crippen LogP contribution in [-0.2, 0) is 4.79 Å². The standard InChI is InChI=1S/C21H34N4O2/c1-4-22-21(23-15-12-20(26)24(5-2)6-3)25-16-13-19(14-17-25)27-18-10-8-7-9-11-18/h7-11,19H,4-6,12-17H2,1-3H3,(H,22,23). The molecule has 1 aliphatic heterocycles.